The van der Waals surface area contributed by atoms with E-state index in [4.69, 9.17) is 4.52 Å². The Bertz CT molecular complexity index is 464. The van der Waals surface area contributed by atoms with Gasteiger partial charge in [0.2, 0.25) is 11.8 Å². The van der Waals surface area contributed by atoms with Crippen LogP contribution in [0, 0.1) is 12.8 Å². The molecule has 2 rings (SSSR count). The first kappa shape index (κ1) is 16.0. The number of rotatable bonds is 5. The van der Waals surface area contributed by atoms with Crippen LogP contribution in [0.2, 0.25) is 0 Å². The molecule has 21 heavy (non-hydrogen) atoms. The molecule has 1 amide bonds. The molecular formula is C15H26N4O2. The summed E-state index contributed by atoms with van der Waals surface area (Å²) in [6.45, 7) is 13.3. The van der Waals surface area contributed by atoms with Gasteiger partial charge in [-0.3, -0.25) is 15.0 Å². The van der Waals surface area contributed by atoms with Crippen LogP contribution in [0.1, 0.15) is 26.5 Å². The fraction of sp³-hybridized carbons (Fsp3) is 0.733. The van der Waals surface area contributed by atoms with Crippen LogP contribution in [0.25, 0.3) is 0 Å². The van der Waals surface area contributed by atoms with Crippen molar-refractivity contribution in [3.63, 3.8) is 0 Å². The van der Waals surface area contributed by atoms with Crippen molar-refractivity contribution < 1.29 is 9.32 Å². The van der Waals surface area contributed by atoms with E-state index >= 15 is 0 Å². The first-order valence-corrected chi connectivity index (χ1v) is 7.66. The second-order valence-electron chi connectivity index (χ2n) is 6.23. The molecule has 2 heterocycles. The van der Waals surface area contributed by atoms with E-state index in [1.165, 1.54) is 0 Å². The smallest absolute Gasteiger partial charge is 0.243 e. The van der Waals surface area contributed by atoms with Crippen molar-refractivity contribution in [2.45, 2.75) is 33.7 Å². The third-order valence-corrected chi connectivity index (χ3v) is 3.83. The largest absolute Gasteiger partial charge is 0.338 e. The lowest BCUT2D eigenvalue weighted by atomic mass is 10.1. The lowest BCUT2D eigenvalue weighted by Crippen LogP contribution is -2.53. The molecule has 0 saturated carbocycles. The van der Waals surface area contributed by atoms with Gasteiger partial charge in [0.1, 0.15) is 0 Å². The Kier molecular flexibility index (Phi) is 5.36. The predicted molar refractivity (Wildman–Crippen MR) is 82.2 cm³/mol. The first-order chi connectivity index (χ1) is 9.95. The Balaban J connectivity index is 1.81. The summed E-state index contributed by atoms with van der Waals surface area (Å²) in [4.78, 5) is 16.9. The van der Waals surface area contributed by atoms with Crippen LogP contribution < -0.4 is 5.32 Å². The highest BCUT2D eigenvalue weighted by Crippen LogP contribution is 2.12. The lowest BCUT2D eigenvalue weighted by Gasteiger charge is -2.37. The zero-order chi connectivity index (χ0) is 15.4. The van der Waals surface area contributed by atoms with Crippen molar-refractivity contribution in [3.8, 4) is 0 Å². The molecule has 0 aromatic carbocycles. The standard InChI is InChI=1S/C15H26N4O2/c1-11(2)10-18-5-7-19(8-6-18)13(4)15(20)16-14-9-12(3)17-21-14/h9,11,13H,5-8,10H2,1-4H3,(H,16,20). The highest BCUT2D eigenvalue weighted by atomic mass is 16.5. The van der Waals surface area contributed by atoms with Gasteiger partial charge in [0, 0.05) is 38.8 Å². The molecule has 0 spiro atoms. The topological polar surface area (TPSA) is 61.6 Å². The quantitative estimate of drug-likeness (QED) is 0.893. The number of hydrogen-bond donors (Lipinski definition) is 1. The maximum absolute atomic E-state index is 12.2. The number of amides is 1. The Morgan fingerprint density at radius 2 is 2.00 bits per heavy atom. The van der Waals surface area contributed by atoms with E-state index < -0.39 is 0 Å². The fourth-order valence-corrected chi connectivity index (χ4v) is 2.66. The van der Waals surface area contributed by atoms with Gasteiger partial charge in [-0.05, 0) is 19.8 Å². The van der Waals surface area contributed by atoms with E-state index in [0.717, 1.165) is 38.4 Å². The van der Waals surface area contributed by atoms with Gasteiger partial charge in [0.25, 0.3) is 0 Å². The number of piperazine rings is 1. The van der Waals surface area contributed by atoms with E-state index in [1.54, 1.807) is 6.07 Å². The summed E-state index contributed by atoms with van der Waals surface area (Å²) in [6.07, 6.45) is 0. The van der Waals surface area contributed by atoms with Crippen LogP contribution in [0.4, 0.5) is 5.88 Å². The zero-order valence-electron chi connectivity index (χ0n) is 13.4. The van der Waals surface area contributed by atoms with Gasteiger partial charge >= 0.3 is 0 Å². The number of hydrogen-bond acceptors (Lipinski definition) is 5. The summed E-state index contributed by atoms with van der Waals surface area (Å²) in [7, 11) is 0. The lowest BCUT2D eigenvalue weighted by molar-refractivity contribution is -0.121. The van der Waals surface area contributed by atoms with Crippen molar-refractivity contribution in [3.05, 3.63) is 11.8 Å². The van der Waals surface area contributed by atoms with E-state index in [9.17, 15) is 4.79 Å². The molecule has 1 atom stereocenters. The van der Waals surface area contributed by atoms with Crippen LogP contribution in [0.5, 0.6) is 0 Å². The second-order valence-corrected chi connectivity index (χ2v) is 6.23. The molecule has 6 heteroatoms. The Morgan fingerprint density at radius 3 is 2.52 bits per heavy atom. The summed E-state index contributed by atoms with van der Waals surface area (Å²) in [5, 5.41) is 6.55. The number of carbonyl (C=O) groups is 1. The van der Waals surface area contributed by atoms with E-state index in [0.29, 0.717) is 11.8 Å². The molecule has 0 radical (unpaired) electrons. The van der Waals surface area contributed by atoms with Crippen molar-refractivity contribution in [2.24, 2.45) is 5.92 Å². The Labute approximate surface area is 126 Å². The van der Waals surface area contributed by atoms with Gasteiger partial charge in [-0.25, -0.2) is 0 Å². The molecule has 6 nitrogen and oxygen atoms in total. The number of anilines is 1. The minimum Gasteiger partial charge on any atom is -0.338 e. The van der Waals surface area contributed by atoms with E-state index in [1.807, 2.05) is 13.8 Å². The molecule has 0 bridgehead atoms. The van der Waals surface area contributed by atoms with Crippen LogP contribution in [0.3, 0.4) is 0 Å². The number of nitrogens with zero attached hydrogens (tertiary/aromatic N) is 3. The molecule has 1 N–H and O–H groups in total. The molecule has 1 aromatic heterocycles. The molecular weight excluding hydrogens is 268 g/mol. The monoisotopic (exact) mass is 294 g/mol. The molecule has 1 unspecified atom stereocenters. The first-order valence-electron chi connectivity index (χ1n) is 7.66. The van der Waals surface area contributed by atoms with Crippen LogP contribution in [-0.2, 0) is 4.79 Å². The Morgan fingerprint density at radius 1 is 1.33 bits per heavy atom. The average molecular weight is 294 g/mol. The van der Waals surface area contributed by atoms with Crippen molar-refractivity contribution in [1.29, 1.82) is 0 Å². The van der Waals surface area contributed by atoms with Gasteiger partial charge in [0.15, 0.2) is 0 Å². The highest BCUT2D eigenvalue weighted by molar-refractivity contribution is 5.93. The summed E-state index contributed by atoms with van der Waals surface area (Å²) in [5.74, 6) is 1.07. The van der Waals surface area contributed by atoms with Crippen LogP contribution in [-0.4, -0.2) is 59.6 Å². The summed E-state index contributed by atoms with van der Waals surface area (Å²) in [5.41, 5.74) is 0.764. The van der Waals surface area contributed by atoms with Gasteiger partial charge in [-0.2, -0.15) is 0 Å². The maximum Gasteiger partial charge on any atom is 0.243 e. The minimum absolute atomic E-state index is 0.0385. The highest BCUT2D eigenvalue weighted by Gasteiger charge is 2.26. The zero-order valence-corrected chi connectivity index (χ0v) is 13.4. The number of aryl methyl sites for hydroxylation is 1. The Hall–Kier alpha value is -1.40. The number of carbonyl (C=O) groups excluding carboxylic acids is 1. The van der Waals surface area contributed by atoms with E-state index in [-0.39, 0.29) is 11.9 Å². The normalized spacial score (nSPS) is 18.9. The van der Waals surface area contributed by atoms with Gasteiger partial charge in [-0.1, -0.05) is 19.0 Å². The third-order valence-electron chi connectivity index (χ3n) is 3.83. The van der Waals surface area contributed by atoms with Crippen molar-refractivity contribution in [1.82, 2.24) is 15.0 Å². The van der Waals surface area contributed by atoms with Gasteiger partial charge in [0.05, 0.1) is 11.7 Å². The predicted octanol–water partition coefficient (Wildman–Crippen LogP) is 1.58. The number of aromatic nitrogens is 1. The molecule has 1 saturated heterocycles. The molecule has 118 valence electrons. The van der Waals surface area contributed by atoms with Crippen LogP contribution >= 0.6 is 0 Å². The van der Waals surface area contributed by atoms with Gasteiger partial charge in [-0.15, -0.1) is 0 Å². The minimum atomic E-state index is -0.156. The fourth-order valence-electron chi connectivity index (χ4n) is 2.66. The molecule has 1 fully saturated rings. The molecule has 0 aliphatic carbocycles. The average Bonchev–Trinajstić information content (AvgIpc) is 2.83. The van der Waals surface area contributed by atoms with Crippen LogP contribution in [0.15, 0.2) is 10.6 Å². The number of nitrogens with one attached hydrogen (secondary N) is 1. The van der Waals surface area contributed by atoms with Crippen molar-refractivity contribution in [2.75, 3.05) is 38.0 Å². The van der Waals surface area contributed by atoms with Gasteiger partial charge < -0.3 is 9.42 Å². The third kappa shape index (κ3) is 4.54. The van der Waals surface area contributed by atoms with Crippen molar-refractivity contribution >= 4 is 11.8 Å². The molecule has 1 aliphatic rings. The molecule has 1 aliphatic heterocycles. The summed E-state index contributed by atoms with van der Waals surface area (Å²) in [6, 6.07) is 1.57. The van der Waals surface area contributed by atoms with E-state index in [2.05, 4.69) is 34.1 Å². The summed E-state index contributed by atoms with van der Waals surface area (Å²) < 4.78 is 5.02. The second kappa shape index (κ2) is 7.04. The summed E-state index contributed by atoms with van der Waals surface area (Å²) >= 11 is 0. The SMILES string of the molecule is Cc1cc(NC(=O)C(C)N2CCN(CC(C)C)CC2)on1. The molecule has 1 aromatic rings. The maximum atomic E-state index is 12.2.